The summed E-state index contributed by atoms with van der Waals surface area (Å²) in [6, 6.07) is 0. The van der Waals surface area contributed by atoms with Gasteiger partial charge in [-0.3, -0.25) is 0 Å². The first kappa shape index (κ1) is 15.4. The highest BCUT2D eigenvalue weighted by atomic mass is 79.9. The smallest absolute Gasteiger partial charge is 0.219 e. The summed E-state index contributed by atoms with van der Waals surface area (Å²) in [7, 11) is -3.28. The van der Waals surface area contributed by atoms with Crippen molar-refractivity contribution >= 4 is 26.0 Å². The van der Waals surface area contributed by atoms with Crippen LogP contribution in [0.3, 0.4) is 0 Å². The Hall–Kier alpha value is 0.350. The first-order valence-electron chi connectivity index (χ1n) is 5.73. The number of ether oxygens (including phenoxy) is 1. The Kier molecular flexibility index (Phi) is 4.34. The van der Waals surface area contributed by atoms with E-state index in [1.165, 1.54) is 0 Å². The van der Waals surface area contributed by atoms with E-state index in [1.807, 2.05) is 13.8 Å². The Balaban J connectivity index is 2.99. The number of sulfonamides is 1. The number of nitrogens with zero attached hydrogens (tertiary/aromatic N) is 1. The molecule has 0 spiro atoms. The molecule has 0 amide bonds. The van der Waals surface area contributed by atoms with Crippen LogP contribution in [0.5, 0.6) is 0 Å². The largest absolute Gasteiger partial charge is 0.369 e. The standard InChI is InChI=1S/C11H22BrNO3S/c1-10(2,3)17(14,15)13-7-9(6-12)16-11(4,5)8-13/h9H,6-8H2,1-5H3. The summed E-state index contributed by atoms with van der Waals surface area (Å²) in [5, 5.41) is 0.645. The van der Waals surface area contributed by atoms with Crippen LogP contribution in [-0.4, -0.2) is 47.6 Å². The SMILES string of the molecule is CC1(C)CN(S(=O)(=O)C(C)(C)C)CC(CBr)O1. The zero-order valence-corrected chi connectivity index (χ0v) is 13.6. The Morgan fingerprint density at radius 3 is 2.35 bits per heavy atom. The van der Waals surface area contributed by atoms with Crippen molar-refractivity contribution in [3.63, 3.8) is 0 Å². The molecule has 4 nitrogen and oxygen atoms in total. The summed E-state index contributed by atoms with van der Waals surface area (Å²) < 4.78 is 31.4. The number of hydrogen-bond donors (Lipinski definition) is 0. The molecule has 1 saturated heterocycles. The van der Waals surface area contributed by atoms with Gasteiger partial charge >= 0.3 is 0 Å². The van der Waals surface area contributed by atoms with Crippen LogP contribution in [0.1, 0.15) is 34.6 Å². The fourth-order valence-corrected chi connectivity index (χ4v) is 3.85. The quantitative estimate of drug-likeness (QED) is 0.729. The van der Waals surface area contributed by atoms with Crippen LogP contribution in [0.25, 0.3) is 0 Å². The molecule has 1 aliphatic heterocycles. The van der Waals surface area contributed by atoms with Crippen LogP contribution >= 0.6 is 15.9 Å². The maximum atomic E-state index is 12.4. The number of alkyl halides is 1. The van der Waals surface area contributed by atoms with Gasteiger partial charge in [0.05, 0.1) is 16.5 Å². The lowest BCUT2D eigenvalue weighted by Crippen LogP contribution is -2.57. The van der Waals surface area contributed by atoms with E-state index in [4.69, 9.17) is 4.74 Å². The van der Waals surface area contributed by atoms with E-state index in [2.05, 4.69) is 15.9 Å². The topological polar surface area (TPSA) is 46.6 Å². The number of morpholine rings is 1. The van der Waals surface area contributed by atoms with Gasteiger partial charge in [-0.15, -0.1) is 0 Å². The molecule has 1 aliphatic rings. The van der Waals surface area contributed by atoms with Gasteiger partial charge in [0.25, 0.3) is 0 Å². The minimum absolute atomic E-state index is 0.0872. The lowest BCUT2D eigenvalue weighted by Gasteiger charge is -2.43. The average Bonchev–Trinajstić information content (AvgIpc) is 2.13. The Labute approximate surface area is 113 Å². The number of rotatable bonds is 2. The minimum atomic E-state index is -3.28. The van der Waals surface area contributed by atoms with Crippen LogP contribution in [0.2, 0.25) is 0 Å². The molecule has 0 aromatic heterocycles. The van der Waals surface area contributed by atoms with E-state index < -0.39 is 20.4 Å². The summed E-state index contributed by atoms with van der Waals surface area (Å²) >= 11 is 3.36. The van der Waals surface area contributed by atoms with Crippen LogP contribution < -0.4 is 0 Å². The van der Waals surface area contributed by atoms with E-state index in [9.17, 15) is 8.42 Å². The van der Waals surface area contributed by atoms with Crippen molar-refractivity contribution in [3.05, 3.63) is 0 Å². The maximum absolute atomic E-state index is 12.4. The van der Waals surface area contributed by atoms with Gasteiger partial charge in [-0.05, 0) is 34.6 Å². The van der Waals surface area contributed by atoms with E-state index >= 15 is 0 Å². The molecule has 0 radical (unpaired) electrons. The molecule has 1 unspecified atom stereocenters. The van der Waals surface area contributed by atoms with Crippen LogP contribution in [0.15, 0.2) is 0 Å². The molecule has 17 heavy (non-hydrogen) atoms. The first-order valence-corrected chi connectivity index (χ1v) is 8.29. The van der Waals surface area contributed by atoms with Crippen molar-refractivity contribution in [2.75, 3.05) is 18.4 Å². The van der Waals surface area contributed by atoms with Crippen molar-refractivity contribution in [2.45, 2.75) is 51.1 Å². The monoisotopic (exact) mass is 327 g/mol. The van der Waals surface area contributed by atoms with Crippen molar-refractivity contribution in [1.29, 1.82) is 0 Å². The zero-order valence-electron chi connectivity index (χ0n) is 11.2. The van der Waals surface area contributed by atoms with Crippen LogP contribution in [0.4, 0.5) is 0 Å². The normalized spacial score (nSPS) is 27.1. The Bertz CT molecular complexity index is 373. The molecule has 1 rings (SSSR count). The summed E-state index contributed by atoms with van der Waals surface area (Å²) in [5.74, 6) is 0. The fourth-order valence-electron chi connectivity index (χ4n) is 1.89. The van der Waals surface area contributed by atoms with E-state index in [1.54, 1.807) is 25.1 Å². The molecule has 0 saturated carbocycles. The molecule has 6 heteroatoms. The summed E-state index contributed by atoms with van der Waals surface area (Å²) in [5.41, 5.74) is -0.436. The number of halogens is 1. The van der Waals surface area contributed by atoms with Crippen molar-refractivity contribution in [3.8, 4) is 0 Å². The molecule has 0 aromatic carbocycles. The molecule has 0 N–H and O–H groups in total. The highest BCUT2D eigenvalue weighted by molar-refractivity contribution is 9.09. The van der Waals surface area contributed by atoms with E-state index in [0.29, 0.717) is 18.4 Å². The van der Waals surface area contributed by atoms with E-state index in [0.717, 1.165) is 0 Å². The predicted molar refractivity (Wildman–Crippen MR) is 73.0 cm³/mol. The van der Waals surface area contributed by atoms with Crippen molar-refractivity contribution in [2.24, 2.45) is 0 Å². The van der Waals surface area contributed by atoms with Gasteiger partial charge in [0.1, 0.15) is 0 Å². The third-order valence-electron chi connectivity index (χ3n) is 2.74. The second-order valence-electron chi connectivity index (χ2n) is 6.06. The van der Waals surface area contributed by atoms with Gasteiger partial charge < -0.3 is 4.74 Å². The molecular weight excluding hydrogens is 306 g/mol. The Morgan fingerprint density at radius 1 is 1.41 bits per heavy atom. The third-order valence-corrected chi connectivity index (χ3v) is 5.96. The second kappa shape index (κ2) is 4.79. The minimum Gasteiger partial charge on any atom is -0.369 e. The zero-order chi connectivity index (χ0) is 13.5. The van der Waals surface area contributed by atoms with Gasteiger partial charge in [0.15, 0.2) is 0 Å². The second-order valence-corrected chi connectivity index (χ2v) is 9.40. The summed E-state index contributed by atoms with van der Waals surface area (Å²) in [6.45, 7) is 9.88. The van der Waals surface area contributed by atoms with Crippen molar-refractivity contribution in [1.82, 2.24) is 4.31 Å². The van der Waals surface area contributed by atoms with Gasteiger partial charge in [-0.25, -0.2) is 8.42 Å². The number of hydrogen-bond acceptors (Lipinski definition) is 3. The lowest BCUT2D eigenvalue weighted by molar-refractivity contribution is -0.107. The van der Waals surface area contributed by atoms with E-state index in [-0.39, 0.29) is 6.10 Å². The average molecular weight is 328 g/mol. The van der Waals surface area contributed by atoms with Gasteiger partial charge in [0, 0.05) is 18.4 Å². The van der Waals surface area contributed by atoms with Crippen LogP contribution in [0, 0.1) is 0 Å². The Morgan fingerprint density at radius 2 is 1.94 bits per heavy atom. The molecule has 1 fully saturated rings. The third kappa shape index (κ3) is 3.43. The molecule has 0 aromatic rings. The highest BCUT2D eigenvalue weighted by Gasteiger charge is 2.43. The summed E-state index contributed by atoms with van der Waals surface area (Å²) in [4.78, 5) is 0. The van der Waals surface area contributed by atoms with Crippen LogP contribution in [-0.2, 0) is 14.8 Å². The maximum Gasteiger partial charge on any atom is 0.219 e. The lowest BCUT2D eigenvalue weighted by atomic mass is 10.1. The molecule has 0 bridgehead atoms. The van der Waals surface area contributed by atoms with Gasteiger partial charge in [0.2, 0.25) is 10.0 Å². The molecule has 1 atom stereocenters. The highest BCUT2D eigenvalue weighted by Crippen LogP contribution is 2.28. The van der Waals surface area contributed by atoms with Gasteiger partial charge in [-0.2, -0.15) is 4.31 Å². The molecule has 102 valence electrons. The predicted octanol–water partition coefficient (Wildman–Crippen LogP) is 1.99. The molecular formula is C11H22BrNO3S. The molecule has 1 heterocycles. The van der Waals surface area contributed by atoms with Crippen molar-refractivity contribution < 1.29 is 13.2 Å². The summed E-state index contributed by atoms with van der Waals surface area (Å²) in [6.07, 6.45) is -0.0872. The molecule has 0 aliphatic carbocycles. The fraction of sp³-hybridized carbons (Fsp3) is 1.00. The van der Waals surface area contributed by atoms with Gasteiger partial charge in [-0.1, -0.05) is 15.9 Å². The first-order chi connectivity index (χ1) is 7.49.